The van der Waals surface area contributed by atoms with Crippen molar-refractivity contribution < 1.29 is 13.6 Å². The summed E-state index contributed by atoms with van der Waals surface area (Å²) in [5.74, 6) is -2.00. The van der Waals surface area contributed by atoms with Gasteiger partial charge in [0.2, 0.25) is 0 Å². The van der Waals surface area contributed by atoms with Gasteiger partial charge < -0.3 is 5.32 Å². The highest BCUT2D eigenvalue weighted by molar-refractivity contribution is 7.12. The molecule has 1 fully saturated rings. The van der Waals surface area contributed by atoms with Crippen LogP contribution in [0.1, 0.15) is 28.6 Å². The number of thiophene rings is 1. The second kappa shape index (κ2) is 5.69. The third-order valence-electron chi connectivity index (χ3n) is 4.57. The molecule has 2 atom stereocenters. The summed E-state index contributed by atoms with van der Waals surface area (Å²) in [5, 5.41) is 15.7. The Balaban J connectivity index is 1.52. The molecule has 3 aromatic rings. The van der Waals surface area contributed by atoms with Crippen molar-refractivity contribution in [3.8, 4) is 5.69 Å². The third kappa shape index (κ3) is 2.70. The predicted molar refractivity (Wildman–Crippen MR) is 86.6 cm³/mol. The highest BCUT2D eigenvalue weighted by atomic mass is 32.1. The maximum atomic E-state index is 13.5. The second-order valence-electron chi connectivity index (χ2n) is 6.17. The number of hydrogen-bond acceptors (Lipinski definition) is 5. The first-order valence-corrected chi connectivity index (χ1v) is 8.44. The van der Waals surface area contributed by atoms with Crippen LogP contribution in [0.3, 0.4) is 0 Å². The Morgan fingerprint density at radius 3 is 2.92 bits per heavy atom. The normalized spacial score (nSPS) is 22.0. The zero-order chi connectivity index (χ0) is 17.6. The van der Waals surface area contributed by atoms with Crippen LogP contribution >= 0.6 is 11.3 Å². The summed E-state index contributed by atoms with van der Waals surface area (Å²) < 4.78 is 28.0. The third-order valence-corrected chi connectivity index (χ3v) is 5.47. The maximum absolute atomic E-state index is 13.5. The number of benzene rings is 1. The highest BCUT2D eigenvalue weighted by Crippen LogP contribution is 2.48. The number of carbonyl (C=O) groups excluding carboxylic acids is 1. The van der Waals surface area contributed by atoms with Crippen molar-refractivity contribution in [3.63, 3.8) is 0 Å². The SMILES string of the molecule is CC1(c2ccc(F)c(F)c2)CC1NC(=O)c1sccc1-n1cnnn1. The van der Waals surface area contributed by atoms with Gasteiger partial charge in [-0.05, 0) is 46.0 Å². The van der Waals surface area contributed by atoms with E-state index < -0.39 is 17.0 Å². The van der Waals surface area contributed by atoms with Crippen molar-refractivity contribution in [1.82, 2.24) is 25.5 Å². The molecule has 1 aromatic carbocycles. The number of carbonyl (C=O) groups is 1. The van der Waals surface area contributed by atoms with Gasteiger partial charge in [0.1, 0.15) is 11.2 Å². The average molecular weight is 361 g/mol. The van der Waals surface area contributed by atoms with E-state index in [1.807, 2.05) is 6.92 Å². The summed E-state index contributed by atoms with van der Waals surface area (Å²) in [4.78, 5) is 13.1. The minimum atomic E-state index is -0.880. The molecule has 1 aliphatic carbocycles. The van der Waals surface area contributed by atoms with Gasteiger partial charge in [0.05, 0.1) is 5.69 Å². The molecule has 0 radical (unpaired) electrons. The van der Waals surface area contributed by atoms with Gasteiger partial charge in [-0.25, -0.2) is 8.78 Å². The van der Waals surface area contributed by atoms with Crippen LogP contribution < -0.4 is 5.32 Å². The van der Waals surface area contributed by atoms with Crippen LogP contribution in [-0.4, -0.2) is 32.2 Å². The zero-order valence-electron chi connectivity index (χ0n) is 13.1. The van der Waals surface area contributed by atoms with Gasteiger partial charge in [-0.15, -0.1) is 16.4 Å². The molecular weight excluding hydrogens is 348 g/mol. The number of hydrogen-bond donors (Lipinski definition) is 1. The first-order chi connectivity index (χ1) is 12.0. The first-order valence-electron chi connectivity index (χ1n) is 7.56. The fourth-order valence-electron chi connectivity index (χ4n) is 2.89. The lowest BCUT2D eigenvalue weighted by molar-refractivity contribution is 0.0952. The van der Waals surface area contributed by atoms with Crippen LogP contribution in [0.25, 0.3) is 5.69 Å². The number of nitrogens with one attached hydrogen (secondary N) is 1. The van der Waals surface area contributed by atoms with Gasteiger partial charge in [0, 0.05) is 11.5 Å². The molecule has 0 saturated heterocycles. The van der Waals surface area contributed by atoms with E-state index in [0.717, 1.165) is 6.07 Å². The fraction of sp³-hybridized carbons (Fsp3) is 0.250. The summed E-state index contributed by atoms with van der Waals surface area (Å²) >= 11 is 1.29. The van der Waals surface area contributed by atoms with Crippen molar-refractivity contribution in [2.75, 3.05) is 0 Å². The molecular formula is C16H13F2N5OS. The van der Waals surface area contributed by atoms with Crippen LogP contribution in [0, 0.1) is 11.6 Å². The lowest BCUT2D eigenvalue weighted by Crippen LogP contribution is -2.30. The molecule has 9 heteroatoms. The summed E-state index contributed by atoms with van der Waals surface area (Å²) in [7, 11) is 0. The van der Waals surface area contributed by atoms with Crippen LogP contribution in [0.2, 0.25) is 0 Å². The van der Waals surface area contributed by atoms with Crippen LogP contribution in [-0.2, 0) is 5.41 Å². The quantitative estimate of drug-likeness (QED) is 0.775. The minimum absolute atomic E-state index is 0.145. The summed E-state index contributed by atoms with van der Waals surface area (Å²) in [6.45, 7) is 1.92. The Labute approximate surface area is 145 Å². The molecule has 25 heavy (non-hydrogen) atoms. The lowest BCUT2D eigenvalue weighted by atomic mass is 9.97. The van der Waals surface area contributed by atoms with Crippen molar-refractivity contribution in [2.45, 2.75) is 24.8 Å². The van der Waals surface area contributed by atoms with E-state index in [9.17, 15) is 13.6 Å². The molecule has 1 aliphatic rings. The molecule has 1 saturated carbocycles. The highest BCUT2D eigenvalue weighted by Gasteiger charge is 2.52. The largest absolute Gasteiger partial charge is 0.348 e. The molecule has 128 valence electrons. The molecule has 1 N–H and O–H groups in total. The zero-order valence-corrected chi connectivity index (χ0v) is 13.9. The van der Waals surface area contributed by atoms with Crippen LogP contribution in [0.15, 0.2) is 36.0 Å². The molecule has 1 amide bonds. The summed E-state index contributed by atoms with van der Waals surface area (Å²) in [5.41, 5.74) is 0.863. The topological polar surface area (TPSA) is 72.7 Å². The van der Waals surface area contributed by atoms with Gasteiger partial charge in [-0.3, -0.25) is 4.79 Å². The molecule has 2 heterocycles. The Morgan fingerprint density at radius 2 is 2.20 bits per heavy atom. The minimum Gasteiger partial charge on any atom is -0.348 e. The monoisotopic (exact) mass is 361 g/mol. The van der Waals surface area contributed by atoms with Crippen LogP contribution in [0.4, 0.5) is 8.78 Å². The van der Waals surface area contributed by atoms with Crippen molar-refractivity contribution in [1.29, 1.82) is 0 Å². The maximum Gasteiger partial charge on any atom is 0.263 e. The standard InChI is InChI=1S/C16H13F2N5OS/c1-16(9-2-3-10(17)11(18)6-9)7-13(16)20-15(24)14-12(4-5-25-14)23-8-19-21-22-23/h2-6,8,13H,7H2,1H3,(H,20,24). The summed E-state index contributed by atoms with van der Waals surface area (Å²) in [6.07, 6.45) is 2.08. The number of nitrogens with zero attached hydrogens (tertiary/aromatic N) is 4. The number of tetrazole rings is 1. The van der Waals surface area contributed by atoms with E-state index in [1.165, 1.54) is 28.4 Å². The number of aromatic nitrogens is 4. The Kier molecular flexibility index (Phi) is 3.60. The molecule has 0 spiro atoms. The van der Waals surface area contributed by atoms with Crippen LogP contribution in [0.5, 0.6) is 0 Å². The second-order valence-corrected chi connectivity index (χ2v) is 7.08. The van der Waals surface area contributed by atoms with Gasteiger partial charge >= 0.3 is 0 Å². The molecule has 0 aliphatic heterocycles. The molecule has 6 nitrogen and oxygen atoms in total. The van der Waals surface area contributed by atoms with Crippen molar-refractivity contribution in [2.24, 2.45) is 0 Å². The Bertz CT molecular complexity index is 942. The Hall–Kier alpha value is -2.68. The Morgan fingerprint density at radius 1 is 1.36 bits per heavy atom. The van der Waals surface area contributed by atoms with E-state index in [4.69, 9.17) is 0 Å². The van der Waals surface area contributed by atoms with Gasteiger partial charge in [-0.1, -0.05) is 13.0 Å². The van der Waals surface area contributed by atoms with Gasteiger partial charge in [0.15, 0.2) is 11.6 Å². The molecule has 0 bridgehead atoms. The van der Waals surface area contributed by atoms with E-state index in [-0.39, 0.29) is 11.9 Å². The van der Waals surface area contributed by atoms with E-state index in [0.29, 0.717) is 22.5 Å². The van der Waals surface area contributed by atoms with E-state index in [2.05, 4.69) is 20.8 Å². The molecule has 2 unspecified atom stereocenters. The lowest BCUT2D eigenvalue weighted by Gasteiger charge is -2.13. The van der Waals surface area contributed by atoms with Gasteiger partial charge in [0.25, 0.3) is 5.91 Å². The van der Waals surface area contributed by atoms with Crippen molar-refractivity contribution >= 4 is 17.2 Å². The smallest absolute Gasteiger partial charge is 0.263 e. The number of amides is 1. The molecule has 2 aromatic heterocycles. The first kappa shape index (κ1) is 15.8. The number of halogens is 2. The molecule has 4 rings (SSSR count). The fourth-order valence-corrected chi connectivity index (χ4v) is 3.68. The van der Waals surface area contributed by atoms with Crippen molar-refractivity contribution in [3.05, 3.63) is 58.0 Å². The summed E-state index contributed by atoms with van der Waals surface area (Å²) in [6, 6.07) is 5.48. The number of rotatable bonds is 4. The van der Waals surface area contributed by atoms with E-state index in [1.54, 1.807) is 17.5 Å². The van der Waals surface area contributed by atoms with E-state index >= 15 is 0 Å². The average Bonchev–Trinajstić information content (AvgIpc) is 3.04. The predicted octanol–water partition coefficient (Wildman–Crippen LogP) is 2.46. The van der Waals surface area contributed by atoms with Gasteiger partial charge in [-0.2, -0.15) is 4.68 Å².